The number of ether oxygens (including phenoxy) is 2. The monoisotopic (exact) mass is 308 g/mol. The van der Waals surface area contributed by atoms with Crippen molar-refractivity contribution >= 4 is 17.7 Å². The average molecular weight is 308 g/mol. The van der Waals surface area contributed by atoms with Gasteiger partial charge in [0.25, 0.3) is 5.91 Å². The van der Waals surface area contributed by atoms with E-state index in [1.807, 2.05) is 0 Å². The number of hydrogen-bond donors (Lipinski definition) is 2. The Labute approximate surface area is 128 Å². The van der Waals surface area contributed by atoms with E-state index >= 15 is 0 Å². The largest absolute Gasteiger partial charge is 0.508 e. The predicted molar refractivity (Wildman–Crippen MR) is 80.2 cm³/mol. The summed E-state index contributed by atoms with van der Waals surface area (Å²) in [5.41, 5.74) is -0.210. The molecule has 22 heavy (non-hydrogen) atoms. The Morgan fingerprint density at radius 1 is 1.45 bits per heavy atom. The lowest BCUT2D eigenvalue weighted by atomic mass is 10.2. The Morgan fingerprint density at radius 3 is 2.77 bits per heavy atom. The minimum atomic E-state index is -0.866. The summed E-state index contributed by atoms with van der Waals surface area (Å²) in [7, 11) is 1.55. The molecule has 1 atom stereocenters. The molecule has 0 fully saturated rings. The lowest BCUT2D eigenvalue weighted by molar-refractivity contribution is -0.120. The van der Waals surface area contributed by atoms with Crippen molar-refractivity contribution in [2.24, 2.45) is 0 Å². The molecular formula is C15H20N2O5. The van der Waals surface area contributed by atoms with E-state index in [1.54, 1.807) is 33.9 Å². The summed E-state index contributed by atoms with van der Waals surface area (Å²) in [6, 6.07) is 3.61. The van der Waals surface area contributed by atoms with E-state index in [2.05, 4.69) is 5.32 Å². The van der Waals surface area contributed by atoms with Crippen molar-refractivity contribution in [2.45, 2.75) is 32.4 Å². The number of nitrogens with zero attached hydrogens (tertiary/aromatic N) is 1. The standard InChI is InChI=1S/C15H20N2O5/c1-15(2,3)22-14(20)16-10-8-21-12-6-5-9(18)7-11(12)17(4)13(10)19/h5-7,10,18H,8H2,1-4H3,(H,16,20)/t10-/m0/s1. The molecule has 120 valence electrons. The van der Waals surface area contributed by atoms with Crippen molar-refractivity contribution in [1.29, 1.82) is 0 Å². The van der Waals surface area contributed by atoms with E-state index in [0.29, 0.717) is 11.4 Å². The third-order valence-electron chi connectivity index (χ3n) is 3.03. The van der Waals surface area contributed by atoms with Crippen LogP contribution in [-0.4, -0.2) is 42.4 Å². The zero-order chi connectivity index (χ0) is 16.5. The summed E-state index contributed by atoms with van der Waals surface area (Å²) in [4.78, 5) is 25.6. The smallest absolute Gasteiger partial charge is 0.408 e. The molecule has 7 nitrogen and oxygen atoms in total. The summed E-state index contributed by atoms with van der Waals surface area (Å²) >= 11 is 0. The molecule has 1 heterocycles. The molecule has 0 bridgehead atoms. The SMILES string of the molecule is CN1C(=O)[C@@H](NC(=O)OC(C)(C)C)COc2ccc(O)cc21. The molecule has 2 N–H and O–H groups in total. The van der Waals surface area contributed by atoms with Crippen LogP contribution < -0.4 is 15.0 Å². The highest BCUT2D eigenvalue weighted by Crippen LogP contribution is 2.33. The summed E-state index contributed by atoms with van der Waals surface area (Å²) in [6.45, 7) is 5.20. The third kappa shape index (κ3) is 3.60. The van der Waals surface area contributed by atoms with Crippen molar-refractivity contribution in [3.05, 3.63) is 18.2 Å². The summed E-state index contributed by atoms with van der Waals surface area (Å²) < 4.78 is 10.7. The van der Waals surface area contributed by atoms with Gasteiger partial charge in [-0.3, -0.25) is 4.79 Å². The zero-order valence-electron chi connectivity index (χ0n) is 13.0. The molecule has 0 saturated heterocycles. The second-order valence-corrected chi connectivity index (χ2v) is 6.06. The van der Waals surface area contributed by atoms with E-state index in [4.69, 9.17) is 9.47 Å². The Kier molecular flexibility index (Phi) is 4.16. The molecular weight excluding hydrogens is 288 g/mol. The molecule has 2 amide bonds. The molecule has 0 unspecified atom stereocenters. The minimum absolute atomic E-state index is 0.0137. The fourth-order valence-corrected chi connectivity index (χ4v) is 2.04. The molecule has 0 spiro atoms. The average Bonchev–Trinajstić information content (AvgIpc) is 2.50. The number of anilines is 1. The van der Waals surface area contributed by atoms with Crippen LogP contribution in [0.4, 0.5) is 10.5 Å². The lowest BCUT2D eigenvalue weighted by Gasteiger charge is -2.23. The summed E-state index contributed by atoms with van der Waals surface area (Å²) in [5, 5.41) is 12.0. The molecule has 2 rings (SSSR count). The number of benzene rings is 1. The van der Waals surface area contributed by atoms with Gasteiger partial charge < -0.3 is 24.8 Å². The molecule has 0 aromatic heterocycles. The number of phenols is 1. The molecule has 1 aromatic rings. The number of carbonyl (C=O) groups excluding carboxylic acids is 2. The summed E-state index contributed by atoms with van der Waals surface area (Å²) in [6.07, 6.45) is -0.684. The number of rotatable bonds is 1. The molecule has 1 aromatic carbocycles. The van der Waals surface area contributed by atoms with Gasteiger partial charge in [-0.1, -0.05) is 0 Å². The molecule has 1 aliphatic heterocycles. The van der Waals surface area contributed by atoms with Crippen LogP contribution in [0.2, 0.25) is 0 Å². The van der Waals surface area contributed by atoms with Crippen molar-refractivity contribution in [3.63, 3.8) is 0 Å². The number of phenolic OH excluding ortho intramolecular Hbond substituents is 1. The van der Waals surface area contributed by atoms with Crippen molar-refractivity contribution in [1.82, 2.24) is 5.32 Å². The number of nitrogens with one attached hydrogen (secondary N) is 1. The Hall–Kier alpha value is -2.44. The van der Waals surface area contributed by atoms with Crippen molar-refractivity contribution in [2.75, 3.05) is 18.6 Å². The third-order valence-corrected chi connectivity index (χ3v) is 3.03. The van der Waals surface area contributed by atoms with Crippen LogP contribution in [-0.2, 0) is 9.53 Å². The quantitative estimate of drug-likeness (QED) is 0.823. The van der Waals surface area contributed by atoms with Gasteiger partial charge >= 0.3 is 6.09 Å². The van der Waals surface area contributed by atoms with Gasteiger partial charge in [0, 0.05) is 13.1 Å². The van der Waals surface area contributed by atoms with Crippen LogP contribution >= 0.6 is 0 Å². The van der Waals surface area contributed by atoms with E-state index in [1.165, 1.54) is 17.0 Å². The van der Waals surface area contributed by atoms with E-state index in [0.717, 1.165) is 0 Å². The first-order valence-corrected chi connectivity index (χ1v) is 6.90. The van der Waals surface area contributed by atoms with Crippen LogP contribution in [0.15, 0.2) is 18.2 Å². The molecule has 0 saturated carbocycles. The first kappa shape index (κ1) is 15.9. The normalized spacial score (nSPS) is 18.1. The summed E-state index contributed by atoms with van der Waals surface area (Å²) in [5.74, 6) is 0.137. The maximum Gasteiger partial charge on any atom is 0.408 e. The van der Waals surface area contributed by atoms with Crippen LogP contribution in [0.5, 0.6) is 11.5 Å². The van der Waals surface area contributed by atoms with Gasteiger partial charge in [0.1, 0.15) is 29.7 Å². The lowest BCUT2D eigenvalue weighted by Crippen LogP contribution is -2.50. The van der Waals surface area contributed by atoms with Crippen LogP contribution in [0, 0.1) is 0 Å². The number of likely N-dealkylation sites (N-methyl/N-ethyl adjacent to an activating group) is 1. The minimum Gasteiger partial charge on any atom is -0.508 e. The van der Waals surface area contributed by atoms with E-state index in [-0.39, 0.29) is 18.3 Å². The molecule has 7 heteroatoms. The first-order chi connectivity index (χ1) is 10.2. The number of aromatic hydroxyl groups is 1. The fourth-order valence-electron chi connectivity index (χ4n) is 2.04. The number of fused-ring (bicyclic) bond motifs is 1. The highest BCUT2D eigenvalue weighted by molar-refractivity contribution is 6.00. The van der Waals surface area contributed by atoms with Gasteiger partial charge in [-0.15, -0.1) is 0 Å². The van der Waals surface area contributed by atoms with Crippen LogP contribution in [0.3, 0.4) is 0 Å². The van der Waals surface area contributed by atoms with Gasteiger partial charge in [0.2, 0.25) is 0 Å². The molecule has 0 aliphatic carbocycles. The van der Waals surface area contributed by atoms with E-state index < -0.39 is 17.7 Å². The highest BCUT2D eigenvalue weighted by atomic mass is 16.6. The number of amides is 2. The maximum absolute atomic E-state index is 12.4. The van der Waals surface area contributed by atoms with Crippen LogP contribution in [0.25, 0.3) is 0 Å². The zero-order valence-corrected chi connectivity index (χ0v) is 13.0. The van der Waals surface area contributed by atoms with Gasteiger partial charge in [-0.25, -0.2) is 4.79 Å². The maximum atomic E-state index is 12.4. The molecule has 1 aliphatic rings. The second-order valence-electron chi connectivity index (χ2n) is 6.06. The Morgan fingerprint density at radius 2 is 2.14 bits per heavy atom. The van der Waals surface area contributed by atoms with Gasteiger partial charge in [0.05, 0.1) is 5.69 Å². The second kappa shape index (κ2) is 5.75. The first-order valence-electron chi connectivity index (χ1n) is 6.90. The van der Waals surface area contributed by atoms with Crippen molar-refractivity contribution in [3.8, 4) is 11.5 Å². The number of carbonyl (C=O) groups is 2. The van der Waals surface area contributed by atoms with Gasteiger partial charge in [0.15, 0.2) is 0 Å². The molecule has 0 radical (unpaired) electrons. The van der Waals surface area contributed by atoms with E-state index in [9.17, 15) is 14.7 Å². The predicted octanol–water partition coefficient (Wildman–Crippen LogP) is 1.64. The Bertz CT molecular complexity index is 594. The fraction of sp³-hybridized carbons (Fsp3) is 0.467. The van der Waals surface area contributed by atoms with Crippen molar-refractivity contribution < 1.29 is 24.2 Å². The van der Waals surface area contributed by atoms with Gasteiger partial charge in [-0.05, 0) is 32.9 Å². The highest BCUT2D eigenvalue weighted by Gasteiger charge is 2.32. The van der Waals surface area contributed by atoms with Gasteiger partial charge in [-0.2, -0.15) is 0 Å². The Balaban J connectivity index is 2.15. The number of alkyl carbamates (subject to hydrolysis) is 1. The van der Waals surface area contributed by atoms with Crippen LogP contribution in [0.1, 0.15) is 20.8 Å². The number of hydrogen-bond acceptors (Lipinski definition) is 5. The topological polar surface area (TPSA) is 88.1 Å².